The Morgan fingerprint density at radius 1 is 1.29 bits per heavy atom. The lowest BCUT2D eigenvalue weighted by molar-refractivity contribution is 0.0397. The molecule has 5 heteroatoms. The van der Waals surface area contributed by atoms with E-state index in [0.717, 1.165) is 5.57 Å². The molecule has 0 aliphatic carbocycles. The number of aliphatic hydroxyl groups is 1. The molecule has 1 unspecified atom stereocenters. The Morgan fingerprint density at radius 3 is 2.48 bits per heavy atom. The molecule has 1 atom stereocenters. The van der Waals surface area contributed by atoms with Crippen LogP contribution in [0.2, 0.25) is 0 Å². The molecule has 1 aromatic carbocycles. The fourth-order valence-electron chi connectivity index (χ4n) is 1.98. The van der Waals surface area contributed by atoms with Gasteiger partial charge in [0.15, 0.2) is 5.78 Å². The van der Waals surface area contributed by atoms with Crippen LogP contribution < -0.4 is 0 Å². The number of rotatable bonds is 6. The molecule has 0 radical (unpaired) electrons. The minimum Gasteiger partial charge on any atom is -0.507 e. The normalized spacial score (nSPS) is 13.6. The summed E-state index contributed by atoms with van der Waals surface area (Å²) in [4.78, 5) is 12.2. The summed E-state index contributed by atoms with van der Waals surface area (Å²) in [6.45, 7) is 5.55. The van der Waals surface area contributed by atoms with Crippen LogP contribution in [0.5, 0.6) is 11.5 Å². The molecule has 0 saturated heterocycles. The maximum atomic E-state index is 12.2. The van der Waals surface area contributed by atoms with E-state index in [1.807, 2.05) is 19.9 Å². The highest BCUT2D eigenvalue weighted by atomic mass is 79.9. The fraction of sp³-hybridized carbons (Fsp3) is 0.438. The van der Waals surface area contributed by atoms with Crippen LogP contribution in [0.1, 0.15) is 50.4 Å². The van der Waals surface area contributed by atoms with Gasteiger partial charge in [-0.15, -0.1) is 0 Å². The number of halogens is 1. The van der Waals surface area contributed by atoms with Gasteiger partial charge in [0.1, 0.15) is 11.5 Å². The molecular weight excluding hydrogens is 336 g/mol. The lowest BCUT2D eigenvalue weighted by atomic mass is 9.91. The number of phenols is 2. The van der Waals surface area contributed by atoms with Crippen LogP contribution >= 0.6 is 15.9 Å². The smallest absolute Gasteiger partial charge is 0.169 e. The van der Waals surface area contributed by atoms with E-state index in [0.29, 0.717) is 17.3 Å². The van der Waals surface area contributed by atoms with Crippen molar-refractivity contribution in [1.82, 2.24) is 0 Å². The highest BCUT2D eigenvalue weighted by Crippen LogP contribution is 2.33. The molecule has 4 nitrogen and oxygen atoms in total. The van der Waals surface area contributed by atoms with Crippen LogP contribution in [0.4, 0.5) is 0 Å². The molecule has 0 aliphatic rings. The number of Topliss-reactive ketones (excluding diaryl/α,β-unsaturated/α-hetero) is 1. The van der Waals surface area contributed by atoms with Crippen LogP contribution in [0, 0.1) is 0 Å². The molecule has 0 spiro atoms. The van der Waals surface area contributed by atoms with E-state index in [9.17, 15) is 20.1 Å². The van der Waals surface area contributed by atoms with Gasteiger partial charge in [-0.1, -0.05) is 11.6 Å². The summed E-state index contributed by atoms with van der Waals surface area (Å²) in [6, 6.07) is 2.47. The number of aromatic hydroxyl groups is 2. The number of carbonyl (C=O) groups excluding carboxylic acids is 1. The summed E-state index contributed by atoms with van der Waals surface area (Å²) in [5.74, 6) is -0.748. The number of benzene rings is 1. The first-order chi connectivity index (χ1) is 9.62. The minimum absolute atomic E-state index is 0.0122. The van der Waals surface area contributed by atoms with E-state index < -0.39 is 11.4 Å². The quantitative estimate of drug-likeness (QED) is 0.410. The summed E-state index contributed by atoms with van der Waals surface area (Å²) in [5.41, 5.74) is 0.0174. The maximum Gasteiger partial charge on any atom is 0.169 e. The molecule has 21 heavy (non-hydrogen) atoms. The van der Waals surface area contributed by atoms with Gasteiger partial charge in [0.05, 0.1) is 15.6 Å². The largest absolute Gasteiger partial charge is 0.507 e. The summed E-state index contributed by atoms with van der Waals surface area (Å²) in [6.07, 6.45) is 3.02. The van der Waals surface area contributed by atoms with Crippen molar-refractivity contribution in [3.63, 3.8) is 0 Å². The third kappa shape index (κ3) is 5.52. The van der Waals surface area contributed by atoms with Crippen molar-refractivity contribution in [3.05, 3.63) is 33.8 Å². The maximum absolute atomic E-state index is 12.2. The lowest BCUT2D eigenvalue weighted by Crippen LogP contribution is -2.27. The van der Waals surface area contributed by atoms with Crippen molar-refractivity contribution in [2.24, 2.45) is 0 Å². The van der Waals surface area contributed by atoms with Crippen molar-refractivity contribution in [2.75, 3.05) is 0 Å². The first kappa shape index (κ1) is 17.7. The zero-order valence-electron chi connectivity index (χ0n) is 12.5. The van der Waals surface area contributed by atoms with Crippen molar-refractivity contribution in [1.29, 1.82) is 0 Å². The topological polar surface area (TPSA) is 77.8 Å². The van der Waals surface area contributed by atoms with Crippen LogP contribution in [0.3, 0.4) is 0 Å². The average Bonchev–Trinajstić information content (AvgIpc) is 2.32. The van der Waals surface area contributed by atoms with Gasteiger partial charge in [0, 0.05) is 6.42 Å². The Balaban J connectivity index is 2.80. The second-order valence-corrected chi connectivity index (χ2v) is 6.59. The van der Waals surface area contributed by atoms with Gasteiger partial charge >= 0.3 is 0 Å². The summed E-state index contributed by atoms with van der Waals surface area (Å²) in [7, 11) is 0. The molecule has 0 bridgehead atoms. The number of hydrogen-bond acceptors (Lipinski definition) is 4. The number of phenolic OH excluding ortho intramolecular Hbond substituents is 2. The molecule has 0 aliphatic heterocycles. The van der Waals surface area contributed by atoms with E-state index in [4.69, 9.17) is 0 Å². The summed E-state index contributed by atoms with van der Waals surface area (Å²) >= 11 is 3.06. The third-order valence-corrected chi connectivity index (χ3v) is 3.78. The molecule has 1 rings (SSSR count). The van der Waals surface area contributed by atoms with Crippen molar-refractivity contribution in [2.45, 2.75) is 45.6 Å². The van der Waals surface area contributed by atoms with E-state index >= 15 is 0 Å². The van der Waals surface area contributed by atoms with E-state index in [1.165, 1.54) is 12.1 Å². The first-order valence-electron chi connectivity index (χ1n) is 6.73. The molecule has 0 saturated carbocycles. The van der Waals surface area contributed by atoms with E-state index in [-0.39, 0.29) is 23.5 Å². The molecule has 116 valence electrons. The predicted octanol–water partition coefficient (Wildman–Crippen LogP) is 3.93. The van der Waals surface area contributed by atoms with Gasteiger partial charge in [-0.2, -0.15) is 0 Å². The average molecular weight is 357 g/mol. The van der Waals surface area contributed by atoms with Crippen molar-refractivity contribution >= 4 is 21.7 Å². The molecule has 0 amide bonds. The van der Waals surface area contributed by atoms with Crippen molar-refractivity contribution < 1.29 is 20.1 Å². The lowest BCUT2D eigenvalue weighted by Gasteiger charge is -2.22. The molecule has 0 aromatic heterocycles. The van der Waals surface area contributed by atoms with Crippen LogP contribution in [-0.4, -0.2) is 26.7 Å². The SMILES string of the molecule is CC(C)=CCCC(C)(O)CC(=O)c1cc(O)c(Br)cc1O. The molecular formula is C16H21BrO4. The van der Waals surface area contributed by atoms with Gasteiger partial charge in [-0.3, -0.25) is 4.79 Å². The second kappa shape index (κ2) is 7.09. The molecule has 1 aromatic rings. The summed E-state index contributed by atoms with van der Waals surface area (Å²) in [5, 5.41) is 29.6. The van der Waals surface area contributed by atoms with Crippen LogP contribution in [-0.2, 0) is 0 Å². The van der Waals surface area contributed by atoms with Gasteiger partial charge in [-0.05, 0) is 61.7 Å². The monoisotopic (exact) mass is 356 g/mol. The van der Waals surface area contributed by atoms with E-state index in [2.05, 4.69) is 15.9 Å². The van der Waals surface area contributed by atoms with Gasteiger partial charge < -0.3 is 15.3 Å². The van der Waals surface area contributed by atoms with E-state index in [1.54, 1.807) is 6.92 Å². The van der Waals surface area contributed by atoms with Crippen LogP contribution in [0.25, 0.3) is 0 Å². The Morgan fingerprint density at radius 2 is 1.90 bits per heavy atom. The predicted molar refractivity (Wildman–Crippen MR) is 85.7 cm³/mol. The summed E-state index contributed by atoms with van der Waals surface area (Å²) < 4.78 is 0.312. The highest BCUT2D eigenvalue weighted by molar-refractivity contribution is 9.10. The van der Waals surface area contributed by atoms with Gasteiger partial charge in [-0.25, -0.2) is 0 Å². The van der Waals surface area contributed by atoms with Crippen LogP contribution in [0.15, 0.2) is 28.3 Å². The number of carbonyl (C=O) groups is 1. The second-order valence-electron chi connectivity index (χ2n) is 5.74. The highest BCUT2D eigenvalue weighted by Gasteiger charge is 2.26. The zero-order valence-corrected chi connectivity index (χ0v) is 14.1. The number of ketones is 1. The van der Waals surface area contributed by atoms with Crippen molar-refractivity contribution in [3.8, 4) is 11.5 Å². The standard InChI is InChI=1S/C16H21BrO4/c1-10(2)5-4-6-16(3,21)9-15(20)11-7-14(19)12(17)8-13(11)18/h5,7-8,18-19,21H,4,6,9H2,1-3H3. The fourth-order valence-corrected chi connectivity index (χ4v) is 2.31. The first-order valence-corrected chi connectivity index (χ1v) is 7.52. The number of hydrogen-bond donors (Lipinski definition) is 3. The Hall–Kier alpha value is -1.33. The molecule has 0 heterocycles. The Bertz CT molecular complexity index is 558. The number of allylic oxidation sites excluding steroid dienone is 2. The van der Waals surface area contributed by atoms with Gasteiger partial charge in [0.2, 0.25) is 0 Å². The molecule has 3 N–H and O–H groups in total. The van der Waals surface area contributed by atoms with Gasteiger partial charge in [0.25, 0.3) is 0 Å². The Kier molecular flexibility index (Phi) is 5.98. The minimum atomic E-state index is -1.15. The zero-order chi connectivity index (χ0) is 16.2. The molecule has 0 fully saturated rings. The Labute approximate surface area is 133 Å². The third-order valence-electron chi connectivity index (χ3n) is 3.14.